The average Bonchev–Trinajstić information content (AvgIpc) is 3.37. The molecule has 1 aliphatic heterocycles. The van der Waals surface area contributed by atoms with Crippen LogP contribution in [-0.2, 0) is 17.8 Å². The largest absolute Gasteiger partial charge is 0.504 e. The fraction of sp³-hybridized carbons (Fsp3) is 0.407. The molecule has 186 valence electrons. The number of fused-ring (bicyclic) bond motifs is 2. The van der Waals surface area contributed by atoms with E-state index in [0.717, 1.165) is 30.6 Å². The first kappa shape index (κ1) is 24.6. The van der Waals surface area contributed by atoms with Gasteiger partial charge in [0, 0.05) is 29.6 Å². The van der Waals surface area contributed by atoms with Gasteiger partial charge in [-0.1, -0.05) is 19.9 Å². The number of aromatic nitrogens is 1. The zero-order chi connectivity index (χ0) is 25.5. The van der Waals surface area contributed by atoms with Crippen molar-refractivity contribution in [3.8, 4) is 22.8 Å². The number of methoxy groups -OCH3 is 1. The maximum Gasteiger partial charge on any atom is 0.419 e. The molecule has 0 spiro atoms. The summed E-state index contributed by atoms with van der Waals surface area (Å²) in [6, 6.07) is 9.49. The third-order valence-electron chi connectivity index (χ3n) is 6.26. The Balaban J connectivity index is 1.97. The van der Waals surface area contributed by atoms with Crippen molar-refractivity contribution in [3.63, 3.8) is 0 Å². The summed E-state index contributed by atoms with van der Waals surface area (Å²) in [5.74, 6) is -0.152. The third-order valence-corrected chi connectivity index (χ3v) is 6.26. The number of nitrogens with zero attached hydrogens (tertiary/aromatic N) is 2. The zero-order valence-electron chi connectivity index (χ0n) is 21.2. The van der Waals surface area contributed by atoms with Crippen molar-refractivity contribution in [3.05, 3.63) is 47.0 Å². The van der Waals surface area contributed by atoms with Gasteiger partial charge in [0.1, 0.15) is 5.60 Å². The molecule has 0 saturated carbocycles. The fourth-order valence-corrected chi connectivity index (χ4v) is 4.52. The molecule has 8 nitrogen and oxygen atoms in total. The topological polar surface area (TPSA) is 93.0 Å². The van der Waals surface area contributed by atoms with Crippen LogP contribution in [0.5, 0.6) is 11.5 Å². The van der Waals surface area contributed by atoms with Crippen LogP contribution >= 0.6 is 0 Å². The van der Waals surface area contributed by atoms with Crippen LogP contribution in [0.1, 0.15) is 56.1 Å². The Labute approximate surface area is 205 Å². The second-order valence-electron chi connectivity index (χ2n) is 9.71. The quantitative estimate of drug-likeness (QED) is 0.523. The first-order valence-electron chi connectivity index (χ1n) is 11.9. The first-order valence-corrected chi connectivity index (χ1v) is 11.9. The van der Waals surface area contributed by atoms with Crippen molar-refractivity contribution in [1.29, 1.82) is 0 Å². The summed E-state index contributed by atoms with van der Waals surface area (Å²) < 4.78 is 12.6. The third kappa shape index (κ3) is 4.58. The maximum absolute atomic E-state index is 13.4. The smallest absolute Gasteiger partial charge is 0.419 e. The maximum atomic E-state index is 13.4. The summed E-state index contributed by atoms with van der Waals surface area (Å²) in [5.41, 5.74) is 2.88. The highest BCUT2D eigenvalue weighted by molar-refractivity contribution is 6.08. The van der Waals surface area contributed by atoms with Crippen LogP contribution < -0.4 is 10.1 Å². The number of rotatable bonds is 6. The van der Waals surface area contributed by atoms with E-state index in [-0.39, 0.29) is 24.0 Å². The predicted octanol–water partition coefficient (Wildman–Crippen LogP) is 4.89. The first-order chi connectivity index (χ1) is 16.6. The zero-order valence-corrected chi connectivity index (χ0v) is 21.2. The highest BCUT2D eigenvalue weighted by Crippen LogP contribution is 2.43. The minimum Gasteiger partial charge on any atom is -0.504 e. The lowest BCUT2D eigenvalue weighted by Gasteiger charge is -2.21. The average molecular weight is 480 g/mol. The van der Waals surface area contributed by atoms with Gasteiger partial charge >= 0.3 is 6.09 Å². The van der Waals surface area contributed by atoms with Crippen LogP contribution in [-0.4, -0.2) is 52.4 Å². The Kier molecular flexibility index (Phi) is 6.51. The van der Waals surface area contributed by atoms with Crippen LogP contribution in [0.2, 0.25) is 0 Å². The van der Waals surface area contributed by atoms with Gasteiger partial charge in [-0.2, -0.15) is 0 Å². The summed E-state index contributed by atoms with van der Waals surface area (Å²) in [6.45, 7) is 12.5. The molecule has 0 fully saturated rings. The molecule has 0 atom stereocenters. The number of carbonyl (C=O) groups excluding carboxylic acids is 2. The van der Waals surface area contributed by atoms with Crippen molar-refractivity contribution in [2.75, 3.05) is 20.2 Å². The number of phenolic OH excluding ortho intramolecular Hbond substituents is 1. The lowest BCUT2D eigenvalue weighted by Crippen LogP contribution is -2.27. The highest BCUT2D eigenvalue weighted by Gasteiger charge is 2.32. The summed E-state index contributed by atoms with van der Waals surface area (Å²) >= 11 is 0. The number of aromatic hydroxyl groups is 1. The van der Waals surface area contributed by atoms with Gasteiger partial charge < -0.3 is 19.9 Å². The molecule has 3 aromatic rings. The summed E-state index contributed by atoms with van der Waals surface area (Å²) in [5, 5.41) is 14.2. The fourth-order valence-electron chi connectivity index (χ4n) is 4.52. The van der Waals surface area contributed by atoms with E-state index in [9.17, 15) is 14.7 Å². The van der Waals surface area contributed by atoms with Crippen LogP contribution in [0, 0.1) is 0 Å². The van der Waals surface area contributed by atoms with Gasteiger partial charge in [-0.15, -0.1) is 0 Å². The molecular weight excluding hydrogens is 446 g/mol. The molecule has 8 heteroatoms. The van der Waals surface area contributed by atoms with Crippen LogP contribution in [0.4, 0.5) is 4.79 Å². The number of amides is 1. The van der Waals surface area contributed by atoms with Gasteiger partial charge in [-0.25, -0.2) is 9.36 Å². The Bertz CT molecular complexity index is 1300. The van der Waals surface area contributed by atoms with Crippen molar-refractivity contribution in [2.24, 2.45) is 0 Å². The normalized spacial score (nSPS) is 13.3. The molecule has 2 heterocycles. The van der Waals surface area contributed by atoms with Crippen molar-refractivity contribution in [2.45, 2.75) is 53.3 Å². The Hall–Kier alpha value is -3.52. The Morgan fingerprint density at radius 3 is 2.51 bits per heavy atom. The van der Waals surface area contributed by atoms with E-state index in [1.165, 1.54) is 11.7 Å². The monoisotopic (exact) mass is 479 g/mol. The Morgan fingerprint density at radius 2 is 1.89 bits per heavy atom. The van der Waals surface area contributed by atoms with Gasteiger partial charge in [0.2, 0.25) is 0 Å². The van der Waals surface area contributed by atoms with E-state index in [4.69, 9.17) is 9.47 Å². The number of nitrogens with one attached hydrogen (secondary N) is 1. The summed E-state index contributed by atoms with van der Waals surface area (Å²) in [7, 11) is 1.46. The number of hydrogen-bond donors (Lipinski definition) is 2. The van der Waals surface area contributed by atoms with E-state index in [1.807, 2.05) is 39.0 Å². The van der Waals surface area contributed by atoms with E-state index < -0.39 is 11.7 Å². The van der Waals surface area contributed by atoms with Crippen LogP contribution in [0.25, 0.3) is 22.2 Å². The Morgan fingerprint density at radius 1 is 1.17 bits per heavy atom. The van der Waals surface area contributed by atoms with E-state index >= 15 is 0 Å². The van der Waals surface area contributed by atoms with Gasteiger partial charge in [0.15, 0.2) is 11.5 Å². The minimum absolute atomic E-state index is 0.0777. The van der Waals surface area contributed by atoms with Crippen LogP contribution in [0.3, 0.4) is 0 Å². The van der Waals surface area contributed by atoms with Gasteiger partial charge in [0.05, 0.1) is 23.9 Å². The molecule has 0 bridgehead atoms. The van der Waals surface area contributed by atoms with Gasteiger partial charge in [-0.05, 0) is 63.7 Å². The number of hydrogen-bond acceptors (Lipinski definition) is 6. The molecule has 0 aliphatic carbocycles. The number of carbonyl (C=O) groups is 2. The lowest BCUT2D eigenvalue weighted by molar-refractivity contribution is 0.0547. The number of ether oxygens (including phenoxy) is 2. The minimum atomic E-state index is -0.709. The molecule has 1 aliphatic rings. The second kappa shape index (κ2) is 9.26. The molecule has 4 rings (SSSR count). The van der Waals surface area contributed by atoms with E-state index in [2.05, 4.69) is 30.1 Å². The van der Waals surface area contributed by atoms with Crippen molar-refractivity contribution < 1.29 is 24.2 Å². The molecule has 2 N–H and O–H groups in total. The molecule has 35 heavy (non-hydrogen) atoms. The second-order valence-corrected chi connectivity index (χ2v) is 9.71. The SMILES string of the molecule is CCN(CC)Cc1ccc2c(c1)cc(-c1cc(OC)c(O)c3c1C(=O)NC3)n2C(=O)OC(C)(C)C. The highest BCUT2D eigenvalue weighted by atomic mass is 16.6. The number of benzene rings is 2. The molecule has 0 saturated heterocycles. The molecule has 1 amide bonds. The molecule has 2 aromatic carbocycles. The summed E-state index contributed by atoms with van der Waals surface area (Å²) in [6.07, 6.45) is -0.543. The van der Waals surface area contributed by atoms with Gasteiger partial charge in [-0.3, -0.25) is 9.69 Å². The standard InChI is InChI=1S/C27H33N3O5/c1-7-29(8-2)15-16-9-10-20-17(11-16)12-21(30(20)26(33)35-27(3,4)5)18-13-22(34-6)24(31)19-14-28-25(32)23(18)19/h9-13,31H,7-8,14-15H2,1-6H3,(H,28,32). The lowest BCUT2D eigenvalue weighted by atomic mass is 9.98. The van der Waals surface area contributed by atoms with Gasteiger partial charge in [0.25, 0.3) is 5.91 Å². The van der Waals surface area contributed by atoms with E-state index in [0.29, 0.717) is 27.9 Å². The molecule has 0 radical (unpaired) electrons. The number of phenols is 1. The molecule has 0 unspecified atom stereocenters. The van der Waals surface area contributed by atoms with E-state index in [1.54, 1.807) is 6.07 Å². The molecular formula is C27H33N3O5. The molecule has 1 aromatic heterocycles. The van der Waals surface area contributed by atoms with Crippen molar-refractivity contribution >= 4 is 22.9 Å². The summed E-state index contributed by atoms with van der Waals surface area (Å²) in [4.78, 5) is 28.5. The van der Waals surface area contributed by atoms with Crippen LogP contribution in [0.15, 0.2) is 30.3 Å². The van der Waals surface area contributed by atoms with Crippen molar-refractivity contribution in [1.82, 2.24) is 14.8 Å². The predicted molar refractivity (Wildman–Crippen MR) is 135 cm³/mol.